The van der Waals surface area contributed by atoms with E-state index in [0.29, 0.717) is 19.7 Å². The summed E-state index contributed by atoms with van der Waals surface area (Å²) in [5.41, 5.74) is 3.13. The molecule has 4 rings (SSSR count). The van der Waals surface area contributed by atoms with Crippen LogP contribution in [0.1, 0.15) is 17.2 Å². The molecule has 3 aromatic rings. The van der Waals surface area contributed by atoms with Gasteiger partial charge < -0.3 is 15.0 Å². The van der Waals surface area contributed by atoms with Crippen molar-refractivity contribution in [2.75, 3.05) is 18.5 Å². The molecule has 1 saturated heterocycles. The van der Waals surface area contributed by atoms with E-state index in [0.717, 1.165) is 16.8 Å². The normalized spacial score (nSPS) is 17.9. The molecule has 1 fully saturated rings. The number of carbonyl (C=O) groups is 1. The van der Waals surface area contributed by atoms with Crippen LogP contribution in [0.4, 0.5) is 5.69 Å². The highest BCUT2D eigenvalue weighted by Crippen LogP contribution is 2.28. The minimum absolute atomic E-state index is 0.0207. The molecule has 1 aliphatic heterocycles. The van der Waals surface area contributed by atoms with Crippen molar-refractivity contribution < 1.29 is 9.53 Å². The fraction of sp³-hybridized carbons (Fsp3) is 0.208. The van der Waals surface area contributed by atoms with Gasteiger partial charge in [0.25, 0.3) is 5.91 Å². The van der Waals surface area contributed by atoms with Gasteiger partial charge >= 0.3 is 0 Å². The Morgan fingerprint density at radius 2 is 1.50 bits per heavy atom. The van der Waals surface area contributed by atoms with Crippen molar-refractivity contribution >= 4 is 11.6 Å². The molecular formula is C24H24N2O2. The Kier molecular flexibility index (Phi) is 5.69. The SMILES string of the molecule is O=C1[C@H]([C@@H](Nc2ccccc2)c2ccccc2)OCCN1Cc1ccccc1. The van der Waals surface area contributed by atoms with Crippen LogP contribution in [0.3, 0.4) is 0 Å². The van der Waals surface area contributed by atoms with Gasteiger partial charge in [-0.3, -0.25) is 4.79 Å². The Morgan fingerprint density at radius 1 is 0.893 bits per heavy atom. The summed E-state index contributed by atoms with van der Waals surface area (Å²) in [6, 6.07) is 29.8. The quantitative estimate of drug-likeness (QED) is 0.703. The predicted octanol–water partition coefficient (Wildman–Crippen LogP) is 4.27. The average molecular weight is 372 g/mol. The zero-order valence-electron chi connectivity index (χ0n) is 15.7. The molecule has 0 radical (unpaired) electrons. The number of ether oxygens (including phenoxy) is 1. The van der Waals surface area contributed by atoms with Crippen molar-refractivity contribution in [3.05, 3.63) is 102 Å². The maximum absolute atomic E-state index is 13.3. The fourth-order valence-corrected chi connectivity index (χ4v) is 3.56. The van der Waals surface area contributed by atoms with Crippen molar-refractivity contribution in [2.45, 2.75) is 18.7 Å². The zero-order chi connectivity index (χ0) is 19.2. The number of benzene rings is 3. The highest BCUT2D eigenvalue weighted by atomic mass is 16.5. The number of rotatable bonds is 6. The summed E-state index contributed by atoms with van der Waals surface area (Å²) in [6.07, 6.45) is -0.569. The number of hydrogen-bond donors (Lipinski definition) is 1. The molecule has 1 heterocycles. The molecule has 0 bridgehead atoms. The maximum atomic E-state index is 13.3. The highest BCUT2D eigenvalue weighted by molar-refractivity contribution is 5.83. The summed E-state index contributed by atoms with van der Waals surface area (Å²) >= 11 is 0. The van der Waals surface area contributed by atoms with Crippen LogP contribution < -0.4 is 5.32 Å². The molecule has 1 amide bonds. The number of nitrogens with one attached hydrogen (secondary N) is 1. The first-order chi connectivity index (χ1) is 13.8. The minimum Gasteiger partial charge on any atom is -0.375 e. The van der Waals surface area contributed by atoms with Gasteiger partial charge in [0, 0.05) is 18.8 Å². The van der Waals surface area contributed by atoms with Gasteiger partial charge in [0.15, 0.2) is 6.10 Å². The number of nitrogens with zero attached hydrogens (tertiary/aromatic N) is 1. The number of anilines is 1. The molecule has 2 atom stereocenters. The lowest BCUT2D eigenvalue weighted by molar-refractivity contribution is -0.155. The van der Waals surface area contributed by atoms with Crippen molar-refractivity contribution in [2.24, 2.45) is 0 Å². The van der Waals surface area contributed by atoms with Gasteiger partial charge in [-0.05, 0) is 23.3 Å². The van der Waals surface area contributed by atoms with Crippen molar-refractivity contribution in [1.29, 1.82) is 0 Å². The topological polar surface area (TPSA) is 41.6 Å². The number of hydrogen-bond acceptors (Lipinski definition) is 3. The summed E-state index contributed by atoms with van der Waals surface area (Å²) in [5.74, 6) is 0.0207. The smallest absolute Gasteiger partial charge is 0.254 e. The molecule has 1 aliphatic rings. The molecule has 142 valence electrons. The van der Waals surface area contributed by atoms with E-state index in [-0.39, 0.29) is 11.9 Å². The Hall–Kier alpha value is -3.11. The first-order valence-electron chi connectivity index (χ1n) is 9.62. The zero-order valence-corrected chi connectivity index (χ0v) is 15.7. The predicted molar refractivity (Wildman–Crippen MR) is 111 cm³/mol. The van der Waals surface area contributed by atoms with E-state index in [1.165, 1.54) is 0 Å². The van der Waals surface area contributed by atoms with Gasteiger partial charge in [-0.15, -0.1) is 0 Å². The minimum atomic E-state index is -0.569. The molecule has 1 N–H and O–H groups in total. The Morgan fingerprint density at radius 3 is 2.18 bits per heavy atom. The molecule has 4 heteroatoms. The van der Waals surface area contributed by atoms with Crippen LogP contribution in [0.2, 0.25) is 0 Å². The molecule has 28 heavy (non-hydrogen) atoms. The summed E-state index contributed by atoms with van der Waals surface area (Å²) in [6.45, 7) is 1.74. The summed E-state index contributed by atoms with van der Waals surface area (Å²) < 4.78 is 5.99. The van der Waals surface area contributed by atoms with Gasteiger partial charge in [-0.1, -0.05) is 78.9 Å². The molecule has 0 unspecified atom stereocenters. The number of carbonyl (C=O) groups excluding carboxylic acids is 1. The Labute approximate surface area is 165 Å². The van der Waals surface area contributed by atoms with Crippen molar-refractivity contribution in [3.8, 4) is 0 Å². The first-order valence-corrected chi connectivity index (χ1v) is 9.62. The summed E-state index contributed by atoms with van der Waals surface area (Å²) in [4.78, 5) is 15.2. The molecule has 0 aliphatic carbocycles. The van der Waals surface area contributed by atoms with Gasteiger partial charge in [0.1, 0.15) is 0 Å². The standard InChI is InChI=1S/C24H24N2O2/c27-24-23(28-17-16-26(24)18-19-10-4-1-5-11-19)22(20-12-6-2-7-13-20)25-21-14-8-3-9-15-21/h1-15,22-23,25H,16-18H2/t22-,23-/m0/s1. The second-order valence-electron chi connectivity index (χ2n) is 6.94. The number of amides is 1. The van der Waals surface area contributed by atoms with E-state index < -0.39 is 6.10 Å². The molecule has 0 saturated carbocycles. The molecule has 0 spiro atoms. The van der Waals surface area contributed by atoms with E-state index in [2.05, 4.69) is 17.4 Å². The second kappa shape index (κ2) is 8.72. The van der Waals surface area contributed by atoms with Gasteiger partial charge in [-0.25, -0.2) is 0 Å². The van der Waals surface area contributed by atoms with Crippen LogP contribution in [-0.4, -0.2) is 30.1 Å². The summed E-state index contributed by atoms with van der Waals surface area (Å²) in [7, 11) is 0. The van der Waals surface area contributed by atoms with Crippen LogP contribution in [0, 0.1) is 0 Å². The molecule has 0 aromatic heterocycles. The van der Waals surface area contributed by atoms with Crippen LogP contribution in [0.5, 0.6) is 0 Å². The van der Waals surface area contributed by atoms with E-state index in [9.17, 15) is 4.79 Å². The van der Waals surface area contributed by atoms with E-state index in [4.69, 9.17) is 4.74 Å². The van der Waals surface area contributed by atoms with E-state index in [1.54, 1.807) is 0 Å². The first kappa shape index (κ1) is 18.3. The average Bonchev–Trinajstić information content (AvgIpc) is 2.76. The molecule has 4 nitrogen and oxygen atoms in total. The van der Waals surface area contributed by atoms with Crippen LogP contribution in [0.15, 0.2) is 91.0 Å². The summed E-state index contributed by atoms with van der Waals surface area (Å²) in [5, 5.41) is 3.51. The third kappa shape index (κ3) is 4.24. The maximum Gasteiger partial charge on any atom is 0.254 e. The molecular weight excluding hydrogens is 348 g/mol. The van der Waals surface area contributed by atoms with Crippen molar-refractivity contribution in [1.82, 2.24) is 4.90 Å². The van der Waals surface area contributed by atoms with Gasteiger partial charge in [-0.2, -0.15) is 0 Å². The lowest BCUT2D eigenvalue weighted by Crippen LogP contribution is -2.50. The van der Waals surface area contributed by atoms with Gasteiger partial charge in [0.2, 0.25) is 0 Å². The van der Waals surface area contributed by atoms with E-state index in [1.807, 2.05) is 83.8 Å². The van der Waals surface area contributed by atoms with E-state index >= 15 is 0 Å². The second-order valence-corrected chi connectivity index (χ2v) is 6.94. The lowest BCUT2D eigenvalue weighted by Gasteiger charge is -2.37. The van der Waals surface area contributed by atoms with Crippen molar-refractivity contribution in [3.63, 3.8) is 0 Å². The van der Waals surface area contributed by atoms with Gasteiger partial charge in [0.05, 0.1) is 12.6 Å². The Balaban J connectivity index is 1.58. The molecule has 3 aromatic carbocycles. The third-order valence-corrected chi connectivity index (χ3v) is 4.99. The fourth-order valence-electron chi connectivity index (χ4n) is 3.56. The lowest BCUT2D eigenvalue weighted by atomic mass is 9.98. The highest BCUT2D eigenvalue weighted by Gasteiger charge is 2.36. The largest absolute Gasteiger partial charge is 0.375 e. The Bertz CT molecular complexity index is 884. The van der Waals surface area contributed by atoms with Crippen LogP contribution in [-0.2, 0) is 16.1 Å². The number of para-hydroxylation sites is 1. The third-order valence-electron chi connectivity index (χ3n) is 4.99. The monoisotopic (exact) mass is 372 g/mol. The van der Waals surface area contributed by atoms with Crippen LogP contribution >= 0.6 is 0 Å². The van der Waals surface area contributed by atoms with Crippen LogP contribution in [0.25, 0.3) is 0 Å². The number of morpholine rings is 1.